The fourth-order valence-electron chi connectivity index (χ4n) is 3.70. The third-order valence-electron chi connectivity index (χ3n) is 5.37. The van der Waals surface area contributed by atoms with Crippen LogP contribution in [-0.4, -0.2) is 56.7 Å². The van der Waals surface area contributed by atoms with Crippen molar-refractivity contribution >= 4 is 28.3 Å². The Morgan fingerprint density at radius 2 is 1.50 bits per heavy atom. The lowest BCUT2D eigenvalue weighted by Crippen LogP contribution is -2.49. The Bertz CT molecular complexity index is 1040. The highest BCUT2D eigenvalue weighted by Gasteiger charge is 2.23. The minimum absolute atomic E-state index is 0.184. The Labute approximate surface area is 175 Å². The minimum Gasteiger partial charge on any atom is -0.496 e. The first-order valence-electron chi connectivity index (χ1n) is 9.97. The van der Waals surface area contributed by atoms with E-state index in [2.05, 4.69) is 17.0 Å². The van der Waals surface area contributed by atoms with Crippen molar-refractivity contribution in [1.82, 2.24) is 4.90 Å². The highest BCUT2D eigenvalue weighted by molar-refractivity contribution is 5.99. The summed E-state index contributed by atoms with van der Waals surface area (Å²) in [5.41, 5.74) is 1.47. The third kappa shape index (κ3) is 4.22. The van der Waals surface area contributed by atoms with Gasteiger partial charge in [-0.3, -0.25) is 4.79 Å². The van der Waals surface area contributed by atoms with Crippen molar-refractivity contribution in [3.05, 3.63) is 72.3 Å². The lowest BCUT2D eigenvalue weighted by Gasteiger charge is -2.36. The quantitative estimate of drug-likeness (QED) is 0.611. The van der Waals surface area contributed by atoms with Gasteiger partial charge in [0.05, 0.1) is 7.11 Å². The van der Waals surface area contributed by atoms with Crippen molar-refractivity contribution in [3.63, 3.8) is 0 Å². The second-order valence-corrected chi connectivity index (χ2v) is 7.18. The molecule has 30 heavy (non-hydrogen) atoms. The predicted octanol–water partition coefficient (Wildman–Crippen LogP) is 3.35. The van der Waals surface area contributed by atoms with Gasteiger partial charge in [-0.25, -0.2) is 4.79 Å². The van der Waals surface area contributed by atoms with Crippen LogP contribution in [0.1, 0.15) is 10.4 Å². The maximum absolute atomic E-state index is 12.6. The number of ether oxygens (including phenoxy) is 2. The first kappa shape index (κ1) is 19.8. The maximum atomic E-state index is 12.6. The first-order chi connectivity index (χ1) is 14.7. The number of rotatable bonds is 5. The molecule has 3 aromatic rings. The smallest absolute Gasteiger partial charge is 0.342 e. The molecule has 1 aliphatic heterocycles. The molecule has 0 spiro atoms. The van der Waals surface area contributed by atoms with Crippen molar-refractivity contribution in [2.75, 3.05) is 44.8 Å². The van der Waals surface area contributed by atoms with Crippen LogP contribution >= 0.6 is 0 Å². The number of benzene rings is 3. The average Bonchev–Trinajstić information content (AvgIpc) is 2.82. The van der Waals surface area contributed by atoms with Crippen LogP contribution in [0, 0.1) is 0 Å². The molecule has 0 bridgehead atoms. The van der Waals surface area contributed by atoms with Gasteiger partial charge in [0, 0.05) is 31.9 Å². The van der Waals surface area contributed by atoms with Crippen LogP contribution in [0.15, 0.2) is 66.7 Å². The summed E-state index contributed by atoms with van der Waals surface area (Å²) < 4.78 is 10.7. The van der Waals surface area contributed by atoms with Crippen LogP contribution in [0.2, 0.25) is 0 Å². The summed E-state index contributed by atoms with van der Waals surface area (Å²) in [4.78, 5) is 29.1. The SMILES string of the molecule is COc1cc2ccccc2cc1C(=O)OCC(=O)N1CCN(c2ccccc2)CC1. The van der Waals surface area contributed by atoms with Crippen molar-refractivity contribution < 1.29 is 19.1 Å². The van der Waals surface area contributed by atoms with E-state index in [1.54, 1.807) is 17.0 Å². The fraction of sp³-hybridized carbons (Fsp3) is 0.250. The number of methoxy groups -OCH3 is 1. The zero-order valence-electron chi connectivity index (χ0n) is 16.9. The van der Waals surface area contributed by atoms with Crippen molar-refractivity contribution in [3.8, 4) is 5.75 Å². The molecule has 0 atom stereocenters. The van der Waals surface area contributed by atoms with Gasteiger partial charge in [0.2, 0.25) is 0 Å². The molecule has 1 amide bonds. The summed E-state index contributed by atoms with van der Waals surface area (Å²) in [6.07, 6.45) is 0. The number of fused-ring (bicyclic) bond motifs is 1. The van der Waals surface area contributed by atoms with Gasteiger partial charge < -0.3 is 19.3 Å². The second-order valence-electron chi connectivity index (χ2n) is 7.18. The molecule has 1 aliphatic rings. The van der Waals surface area contributed by atoms with E-state index in [-0.39, 0.29) is 12.5 Å². The van der Waals surface area contributed by atoms with Gasteiger partial charge in [-0.05, 0) is 35.0 Å². The summed E-state index contributed by atoms with van der Waals surface area (Å²) in [7, 11) is 1.51. The maximum Gasteiger partial charge on any atom is 0.342 e. The van der Waals surface area contributed by atoms with E-state index in [0.29, 0.717) is 24.4 Å². The summed E-state index contributed by atoms with van der Waals surface area (Å²) >= 11 is 0. The van der Waals surface area contributed by atoms with Crippen molar-refractivity contribution in [2.24, 2.45) is 0 Å². The number of para-hydroxylation sites is 1. The van der Waals surface area contributed by atoms with Gasteiger partial charge in [0.25, 0.3) is 5.91 Å². The lowest BCUT2D eigenvalue weighted by atomic mass is 10.1. The van der Waals surface area contributed by atoms with Crippen LogP contribution in [-0.2, 0) is 9.53 Å². The summed E-state index contributed by atoms with van der Waals surface area (Å²) in [6, 6.07) is 21.4. The topological polar surface area (TPSA) is 59.1 Å². The van der Waals surface area contributed by atoms with E-state index >= 15 is 0 Å². The standard InChI is InChI=1S/C24H24N2O4/c1-29-22-16-19-8-6-5-7-18(19)15-21(22)24(28)30-17-23(27)26-13-11-25(12-14-26)20-9-3-2-4-10-20/h2-10,15-16H,11-14,17H2,1H3. The number of esters is 1. The largest absolute Gasteiger partial charge is 0.496 e. The molecule has 0 saturated carbocycles. The minimum atomic E-state index is -0.561. The number of hydrogen-bond acceptors (Lipinski definition) is 5. The molecule has 0 N–H and O–H groups in total. The lowest BCUT2D eigenvalue weighted by molar-refractivity contribution is -0.134. The van der Waals surface area contributed by atoms with Crippen molar-refractivity contribution in [1.29, 1.82) is 0 Å². The summed E-state index contributed by atoms with van der Waals surface area (Å²) in [6.45, 7) is 2.43. The van der Waals surface area contributed by atoms with Crippen LogP contribution < -0.4 is 9.64 Å². The van der Waals surface area contributed by atoms with Gasteiger partial charge >= 0.3 is 5.97 Å². The molecule has 0 unspecified atom stereocenters. The third-order valence-corrected chi connectivity index (χ3v) is 5.37. The summed E-state index contributed by atoms with van der Waals surface area (Å²) in [5, 5.41) is 1.88. The molecular weight excluding hydrogens is 380 g/mol. The molecule has 0 radical (unpaired) electrons. The zero-order valence-corrected chi connectivity index (χ0v) is 16.9. The van der Waals surface area contributed by atoms with Gasteiger partial charge in [-0.1, -0.05) is 42.5 Å². The van der Waals surface area contributed by atoms with Crippen LogP contribution in [0.3, 0.4) is 0 Å². The van der Waals surface area contributed by atoms with E-state index in [4.69, 9.17) is 9.47 Å². The first-order valence-corrected chi connectivity index (χ1v) is 9.97. The molecule has 0 aliphatic carbocycles. The van der Waals surface area contributed by atoms with Crippen molar-refractivity contribution in [2.45, 2.75) is 0 Å². The van der Waals surface area contributed by atoms with E-state index in [1.165, 1.54) is 7.11 Å². The van der Waals surface area contributed by atoms with Gasteiger partial charge in [-0.2, -0.15) is 0 Å². The van der Waals surface area contributed by atoms with Gasteiger partial charge in [0.1, 0.15) is 11.3 Å². The Kier molecular flexibility index (Phi) is 5.84. The Balaban J connectivity index is 1.35. The normalized spacial score (nSPS) is 13.9. The number of nitrogens with zero attached hydrogens (tertiary/aromatic N) is 2. The van der Waals surface area contributed by atoms with E-state index in [1.807, 2.05) is 42.5 Å². The number of amides is 1. The monoisotopic (exact) mass is 404 g/mol. The highest BCUT2D eigenvalue weighted by atomic mass is 16.5. The molecular formula is C24H24N2O4. The Hall–Kier alpha value is -3.54. The number of anilines is 1. The van der Waals surface area contributed by atoms with E-state index in [9.17, 15) is 9.59 Å². The highest BCUT2D eigenvalue weighted by Crippen LogP contribution is 2.26. The Morgan fingerprint density at radius 1 is 0.867 bits per heavy atom. The van der Waals surface area contributed by atoms with E-state index < -0.39 is 5.97 Å². The molecule has 154 valence electrons. The van der Waals surface area contributed by atoms with Crippen LogP contribution in [0.25, 0.3) is 10.8 Å². The molecule has 1 heterocycles. The second kappa shape index (κ2) is 8.86. The Morgan fingerprint density at radius 3 is 2.17 bits per heavy atom. The number of carbonyl (C=O) groups excluding carboxylic acids is 2. The molecule has 1 saturated heterocycles. The predicted molar refractivity (Wildman–Crippen MR) is 116 cm³/mol. The van der Waals surface area contributed by atoms with Gasteiger partial charge in [-0.15, -0.1) is 0 Å². The number of hydrogen-bond donors (Lipinski definition) is 0. The van der Waals surface area contributed by atoms with E-state index in [0.717, 1.165) is 29.5 Å². The fourth-order valence-corrected chi connectivity index (χ4v) is 3.70. The molecule has 6 heteroatoms. The number of carbonyl (C=O) groups is 2. The molecule has 0 aromatic heterocycles. The summed E-state index contributed by atoms with van der Waals surface area (Å²) in [5.74, 6) is -0.313. The molecule has 6 nitrogen and oxygen atoms in total. The molecule has 1 fully saturated rings. The number of piperazine rings is 1. The zero-order chi connectivity index (χ0) is 20.9. The molecule has 4 rings (SSSR count). The van der Waals surface area contributed by atoms with Gasteiger partial charge in [0.15, 0.2) is 6.61 Å². The average molecular weight is 404 g/mol. The van der Waals surface area contributed by atoms with Crippen LogP contribution in [0.5, 0.6) is 5.75 Å². The van der Waals surface area contributed by atoms with Crippen LogP contribution in [0.4, 0.5) is 5.69 Å². The molecule has 3 aromatic carbocycles.